The Labute approximate surface area is 245 Å². The Morgan fingerprint density at radius 1 is 1.05 bits per heavy atom. The van der Waals surface area contributed by atoms with E-state index in [0.717, 1.165) is 43.4 Å². The number of carbonyl (C=O) groups excluding carboxylic acids is 3. The van der Waals surface area contributed by atoms with Crippen molar-refractivity contribution < 1.29 is 24.2 Å². The van der Waals surface area contributed by atoms with Gasteiger partial charge in [-0.05, 0) is 62.4 Å². The number of hydrogen-bond donors (Lipinski definition) is 3. The van der Waals surface area contributed by atoms with Gasteiger partial charge in [-0.1, -0.05) is 49.6 Å². The van der Waals surface area contributed by atoms with Crippen molar-refractivity contribution in [2.45, 2.75) is 80.0 Å². The molecule has 4 fully saturated rings. The van der Waals surface area contributed by atoms with E-state index in [0.29, 0.717) is 18.7 Å². The molecule has 2 aromatic rings. The molecule has 6 rings (SSSR count). The molecular weight excluding hydrogens is 538 g/mol. The summed E-state index contributed by atoms with van der Waals surface area (Å²) in [5.41, 5.74) is 1.43. The molecule has 6 atom stereocenters. The number of benzene rings is 2. The van der Waals surface area contributed by atoms with Crippen molar-refractivity contribution in [1.29, 1.82) is 0 Å². The van der Waals surface area contributed by atoms with Crippen LogP contribution in [0.1, 0.15) is 63.5 Å². The second kappa shape index (κ2) is 11.7. The molecule has 8 nitrogen and oxygen atoms in total. The third kappa shape index (κ3) is 5.01. The highest BCUT2D eigenvalue weighted by atomic mass is 32.2. The maximum Gasteiger partial charge on any atom is 0.244 e. The molecule has 4 aliphatic rings. The Morgan fingerprint density at radius 2 is 1.78 bits per heavy atom. The predicted molar refractivity (Wildman–Crippen MR) is 158 cm³/mol. The number of amides is 3. The maximum absolute atomic E-state index is 14.5. The van der Waals surface area contributed by atoms with Gasteiger partial charge in [-0.2, -0.15) is 0 Å². The van der Waals surface area contributed by atoms with Crippen molar-refractivity contribution in [3.05, 3.63) is 60.2 Å². The summed E-state index contributed by atoms with van der Waals surface area (Å²) >= 11 is 1.65. The van der Waals surface area contributed by atoms with Crippen molar-refractivity contribution in [2.75, 3.05) is 18.5 Å². The topological polar surface area (TPSA) is 108 Å². The third-order valence-corrected chi connectivity index (χ3v) is 11.3. The lowest BCUT2D eigenvalue weighted by molar-refractivity contribution is -0.142. The van der Waals surface area contributed by atoms with Gasteiger partial charge in [0.1, 0.15) is 11.8 Å². The molecule has 0 radical (unpaired) electrons. The normalized spacial score (nSPS) is 29.7. The van der Waals surface area contributed by atoms with Crippen LogP contribution in [0.2, 0.25) is 0 Å². The first kappa shape index (κ1) is 28.1. The summed E-state index contributed by atoms with van der Waals surface area (Å²) in [5, 5.41) is 16.9. The van der Waals surface area contributed by atoms with Gasteiger partial charge in [-0.3, -0.25) is 14.4 Å². The third-order valence-electron chi connectivity index (χ3n) is 9.37. The van der Waals surface area contributed by atoms with E-state index in [2.05, 4.69) is 10.6 Å². The average molecular weight is 578 g/mol. The van der Waals surface area contributed by atoms with E-state index in [1.807, 2.05) is 49.4 Å². The van der Waals surface area contributed by atoms with Crippen LogP contribution in [-0.4, -0.2) is 63.0 Å². The van der Waals surface area contributed by atoms with Gasteiger partial charge in [0.05, 0.1) is 35.8 Å². The van der Waals surface area contributed by atoms with E-state index in [-0.39, 0.29) is 35.6 Å². The van der Waals surface area contributed by atoms with Crippen LogP contribution in [0.4, 0.5) is 5.69 Å². The Morgan fingerprint density at radius 3 is 2.46 bits per heavy atom. The summed E-state index contributed by atoms with van der Waals surface area (Å²) < 4.78 is 4.82. The molecule has 0 aromatic heterocycles. The molecular formula is C32H39N3O5S. The zero-order chi connectivity index (χ0) is 28.6. The monoisotopic (exact) mass is 577 g/mol. The van der Waals surface area contributed by atoms with Crippen molar-refractivity contribution in [3.63, 3.8) is 0 Å². The molecule has 218 valence electrons. The van der Waals surface area contributed by atoms with Crippen molar-refractivity contribution in [3.8, 4) is 5.75 Å². The van der Waals surface area contributed by atoms with Crippen LogP contribution >= 0.6 is 11.8 Å². The highest BCUT2D eigenvalue weighted by Crippen LogP contribution is 2.67. The zero-order valence-corrected chi connectivity index (χ0v) is 24.3. The molecule has 2 bridgehead atoms. The molecule has 3 heterocycles. The summed E-state index contributed by atoms with van der Waals surface area (Å²) in [4.78, 5) is 44.1. The standard InChI is InChI=1S/C32H39N3O5S/c1-2-40-23-15-13-22(14-16-23)33-29(37)26-25-17-18-32(41-25)27(26)31(39)35(24(19-36)20-9-5-3-6-10-20)28(32)30(38)34-21-11-7-4-8-12-21/h3,5-6,9-10,13-16,21,24-28,36H,2,4,7-8,11-12,17-19H2,1H3,(H,33,37)(H,34,38)/t24-,25-,26+,27+,28?,32?/m1/s1. The van der Waals surface area contributed by atoms with Crippen molar-refractivity contribution in [2.24, 2.45) is 11.8 Å². The second-order valence-corrected chi connectivity index (χ2v) is 13.3. The van der Waals surface area contributed by atoms with Crippen LogP contribution < -0.4 is 15.4 Å². The van der Waals surface area contributed by atoms with Gasteiger partial charge in [0.15, 0.2) is 0 Å². The zero-order valence-electron chi connectivity index (χ0n) is 23.5. The summed E-state index contributed by atoms with van der Waals surface area (Å²) in [6.45, 7) is 2.17. The van der Waals surface area contributed by atoms with Crippen LogP contribution in [-0.2, 0) is 14.4 Å². The number of likely N-dealkylation sites (tertiary alicyclic amines) is 1. The number of ether oxygens (including phenoxy) is 1. The van der Waals surface area contributed by atoms with Crippen molar-refractivity contribution in [1.82, 2.24) is 10.2 Å². The number of rotatable bonds is 9. The Balaban J connectivity index is 1.33. The molecule has 1 aliphatic carbocycles. The SMILES string of the molecule is CCOc1ccc(NC(=O)[C@@H]2[C@H]3C(=O)N([C@H](CO)c4ccccc4)C(C(=O)NC4CCCCC4)C34CC[C@H]2S4)cc1. The van der Waals surface area contributed by atoms with Gasteiger partial charge >= 0.3 is 0 Å². The first-order chi connectivity index (χ1) is 20.0. The van der Waals surface area contributed by atoms with Crippen LogP contribution in [0.15, 0.2) is 54.6 Å². The number of fused-ring (bicyclic) bond motifs is 1. The van der Waals surface area contributed by atoms with E-state index in [1.165, 1.54) is 6.42 Å². The number of hydrogen-bond acceptors (Lipinski definition) is 6. The Bertz CT molecular complexity index is 1270. The quantitative estimate of drug-likeness (QED) is 0.410. The molecule has 2 aromatic carbocycles. The number of carbonyl (C=O) groups is 3. The van der Waals surface area contributed by atoms with E-state index in [9.17, 15) is 19.5 Å². The van der Waals surface area contributed by atoms with E-state index >= 15 is 0 Å². The Kier molecular flexibility index (Phi) is 8.01. The van der Waals surface area contributed by atoms with Crippen molar-refractivity contribution >= 4 is 35.2 Å². The summed E-state index contributed by atoms with van der Waals surface area (Å²) in [7, 11) is 0. The predicted octanol–water partition coefficient (Wildman–Crippen LogP) is 4.30. The molecule has 41 heavy (non-hydrogen) atoms. The number of nitrogens with zero attached hydrogens (tertiary/aromatic N) is 1. The lowest BCUT2D eigenvalue weighted by atomic mass is 9.70. The minimum absolute atomic E-state index is 0.0388. The minimum atomic E-state index is -0.752. The molecule has 2 unspecified atom stereocenters. The molecule has 3 saturated heterocycles. The fourth-order valence-corrected chi connectivity index (χ4v) is 9.82. The molecule has 1 spiro atoms. The highest BCUT2D eigenvalue weighted by Gasteiger charge is 2.74. The van der Waals surface area contributed by atoms with Gasteiger partial charge in [-0.25, -0.2) is 0 Å². The average Bonchev–Trinajstić information content (AvgIpc) is 3.63. The molecule has 3 N–H and O–H groups in total. The molecule has 3 amide bonds. The van der Waals surface area contributed by atoms with Crippen LogP contribution in [0.5, 0.6) is 5.75 Å². The number of aliphatic hydroxyl groups excluding tert-OH is 1. The van der Waals surface area contributed by atoms with E-state index in [1.54, 1.807) is 28.8 Å². The van der Waals surface area contributed by atoms with Gasteiger partial charge in [0.25, 0.3) is 0 Å². The lowest BCUT2D eigenvalue weighted by Gasteiger charge is -2.38. The van der Waals surface area contributed by atoms with Gasteiger partial charge < -0.3 is 25.4 Å². The number of nitrogens with one attached hydrogen (secondary N) is 2. The second-order valence-electron chi connectivity index (χ2n) is 11.7. The van der Waals surface area contributed by atoms with Crippen LogP contribution in [0.3, 0.4) is 0 Å². The molecule has 9 heteroatoms. The van der Waals surface area contributed by atoms with Crippen LogP contribution in [0, 0.1) is 11.8 Å². The summed E-state index contributed by atoms with van der Waals surface area (Å²) in [6.07, 6.45) is 6.68. The van der Waals surface area contributed by atoms with E-state index < -0.39 is 28.7 Å². The fourth-order valence-electron chi connectivity index (χ4n) is 7.61. The summed E-state index contributed by atoms with van der Waals surface area (Å²) in [5.74, 6) is -1.02. The lowest BCUT2D eigenvalue weighted by Crippen LogP contribution is -2.56. The fraction of sp³-hybridized carbons (Fsp3) is 0.531. The summed E-state index contributed by atoms with van der Waals surface area (Å²) in [6, 6.07) is 15.3. The van der Waals surface area contributed by atoms with Crippen LogP contribution in [0.25, 0.3) is 0 Å². The largest absolute Gasteiger partial charge is 0.494 e. The smallest absolute Gasteiger partial charge is 0.244 e. The van der Waals surface area contributed by atoms with E-state index in [4.69, 9.17) is 4.74 Å². The number of aliphatic hydroxyl groups is 1. The first-order valence-corrected chi connectivity index (χ1v) is 15.8. The molecule has 3 aliphatic heterocycles. The van der Waals surface area contributed by atoms with Gasteiger partial charge in [-0.15, -0.1) is 11.8 Å². The van der Waals surface area contributed by atoms with Gasteiger partial charge in [0.2, 0.25) is 17.7 Å². The number of thioether (sulfide) groups is 1. The minimum Gasteiger partial charge on any atom is -0.494 e. The highest BCUT2D eigenvalue weighted by molar-refractivity contribution is 8.02. The molecule has 1 saturated carbocycles. The first-order valence-electron chi connectivity index (χ1n) is 15.0. The Hall–Kier alpha value is -3.04. The van der Waals surface area contributed by atoms with Gasteiger partial charge in [0, 0.05) is 17.0 Å². The maximum atomic E-state index is 14.5. The number of anilines is 1.